The second kappa shape index (κ2) is 5.85. The summed E-state index contributed by atoms with van der Waals surface area (Å²) in [5.74, 6) is 2.08. The molecule has 0 radical (unpaired) electrons. The van der Waals surface area contributed by atoms with E-state index in [0.717, 1.165) is 22.6 Å². The molecule has 1 aliphatic heterocycles. The molecule has 1 amide bonds. The maximum atomic E-state index is 12.7. The third-order valence-corrected chi connectivity index (χ3v) is 3.85. The summed E-state index contributed by atoms with van der Waals surface area (Å²) < 4.78 is 11.2. The predicted octanol–water partition coefficient (Wildman–Crippen LogP) is 2.42. The Labute approximate surface area is 129 Å². The van der Waals surface area contributed by atoms with Gasteiger partial charge in [0.15, 0.2) is 0 Å². The van der Waals surface area contributed by atoms with Crippen LogP contribution in [0.25, 0.3) is 0 Å². The van der Waals surface area contributed by atoms with Crippen LogP contribution in [0.2, 0.25) is 0 Å². The van der Waals surface area contributed by atoms with Crippen molar-refractivity contribution in [2.24, 2.45) is 0 Å². The highest BCUT2D eigenvalue weighted by molar-refractivity contribution is 5.95. The number of nitrogens with zero attached hydrogens (tertiary/aromatic N) is 1. The van der Waals surface area contributed by atoms with Crippen molar-refractivity contribution >= 4 is 5.91 Å². The lowest BCUT2D eigenvalue weighted by atomic mass is 10.1. The molecule has 0 aliphatic carbocycles. The maximum Gasteiger partial charge on any atom is 0.257 e. The number of hydrogen-bond donors (Lipinski definition) is 1. The summed E-state index contributed by atoms with van der Waals surface area (Å²) in [6.45, 7) is 5.04. The molecule has 2 heterocycles. The van der Waals surface area contributed by atoms with E-state index in [0.29, 0.717) is 31.0 Å². The van der Waals surface area contributed by atoms with E-state index in [-0.39, 0.29) is 12.5 Å². The van der Waals surface area contributed by atoms with E-state index in [1.165, 1.54) is 0 Å². The van der Waals surface area contributed by atoms with Crippen LogP contribution in [0.4, 0.5) is 0 Å². The van der Waals surface area contributed by atoms with Gasteiger partial charge in [-0.15, -0.1) is 0 Å². The number of rotatable bonds is 2. The van der Waals surface area contributed by atoms with Crippen molar-refractivity contribution in [2.75, 3.05) is 13.2 Å². The Morgan fingerprint density at radius 3 is 2.82 bits per heavy atom. The number of fused-ring (bicyclic) bond motifs is 1. The van der Waals surface area contributed by atoms with Crippen LogP contribution in [0.1, 0.15) is 33.0 Å². The first kappa shape index (κ1) is 14.7. The van der Waals surface area contributed by atoms with Crippen molar-refractivity contribution in [3.8, 4) is 5.75 Å². The zero-order chi connectivity index (χ0) is 15.7. The highest BCUT2D eigenvalue weighted by Crippen LogP contribution is 2.26. The summed E-state index contributed by atoms with van der Waals surface area (Å²) in [5.41, 5.74) is 2.32. The van der Waals surface area contributed by atoms with E-state index in [4.69, 9.17) is 9.15 Å². The number of carbonyl (C=O) groups is 1. The fourth-order valence-corrected chi connectivity index (χ4v) is 2.73. The molecule has 5 heteroatoms. The molecular weight excluding hydrogens is 282 g/mol. The van der Waals surface area contributed by atoms with Crippen LogP contribution < -0.4 is 4.74 Å². The Kier molecular flexibility index (Phi) is 3.90. The SMILES string of the molecule is Cc1cc(C(=O)N2CCOc3ccc(CO)cc3C2)c(C)o1. The lowest BCUT2D eigenvalue weighted by molar-refractivity contribution is 0.0731. The van der Waals surface area contributed by atoms with Crippen LogP contribution in [-0.4, -0.2) is 29.1 Å². The van der Waals surface area contributed by atoms with E-state index >= 15 is 0 Å². The first-order valence-corrected chi connectivity index (χ1v) is 7.30. The standard InChI is InChI=1S/C17H19NO4/c1-11-7-15(12(2)22-11)17(20)18-5-6-21-16-4-3-13(10-19)8-14(16)9-18/h3-4,7-8,19H,5-6,9-10H2,1-2H3. The highest BCUT2D eigenvalue weighted by Gasteiger charge is 2.24. The molecular formula is C17H19NO4. The van der Waals surface area contributed by atoms with Gasteiger partial charge < -0.3 is 19.2 Å². The number of ether oxygens (including phenoxy) is 1. The van der Waals surface area contributed by atoms with Gasteiger partial charge in [0.25, 0.3) is 5.91 Å². The van der Waals surface area contributed by atoms with Crippen molar-refractivity contribution in [2.45, 2.75) is 27.0 Å². The van der Waals surface area contributed by atoms with E-state index < -0.39 is 0 Å². The minimum absolute atomic E-state index is 0.0265. The molecule has 2 aromatic rings. The lowest BCUT2D eigenvalue weighted by Gasteiger charge is -2.19. The number of aryl methyl sites for hydroxylation is 2. The van der Waals surface area contributed by atoms with Gasteiger partial charge in [0, 0.05) is 12.1 Å². The van der Waals surface area contributed by atoms with Gasteiger partial charge in [-0.05, 0) is 37.6 Å². The first-order valence-electron chi connectivity index (χ1n) is 7.30. The first-order chi connectivity index (χ1) is 10.6. The number of carbonyl (C=O) groups excluding carboxylic acids is 1. The Hall–Kier alpha value is -2.27. The van der Waals surface area contributed by atoms with Crippen molar-refractivity contribution in [3.63, 3.8) is 0 Å². The summed E-state index contributed by atoms with van der Waals surface area (Å²) in [6, 6.07) is 7.34. The Morgan fingerprint density at radius 2 is 2.14 bits per heavy atom. The van der Waals surface area contributed by atoms with Crippen LogP contribution in [0.3, 0.4) is 0 Å². The fourth-order valence-electron chi connectivity index (χ4n) is 2.73. The Balaban J connectivity index is 1.89. The third kappa shape index (κ3) is 2.72. The van der Waals surface area contributed by atoms with Gasteiger partial charge in [-0.3, -0.25) is 4.79 Å². The second-order valence-electron chi connectivity index (χ2n) is 5.50. The van der Waals surface area contributed by atoms with Gasteiger partial charge in [-0.2, -0.15) is 0 Å². The molecule has 0 spiro atoms. The fraction of sp³-hybridized carbons (Fsp3) is 0.353. The molecule has 0 atom stereocenters. The van der Waals surface area contributed by atoms with Gasteiger partial charge in [-0.25, -0.2) is 0 Å². The second-order valence-corrected chi connectivity index (χ2v) is 5.50. The minimum Gasteiger partial charge on any atom is -0.491 e. The summed E-state index contributed by atoms with van der Waals surface area (Å²) in [5, 5.41) is 9.27. The summed E-state index contributed by atoms with van der Waals surface area (Å²) >= 11 is 0. The third-order valence-electron chi connectivity index (χ3n) is 3.85. The maximum absolute atomic E-state index is 12.7. The number of aliphatic hydroxyl groups excluding tert-OH is 1. The molecule has 1 aromatic heterocycles. The van der Waals surface area contributed by atoms with Gasteiger partial charge in [0.05, 0.1) is 18.7 Å². The topological polar surface area (TPSA) is 62.9 Å². The largest absolute Gasteiger partial charge is 0.491 e. The smallest absolute Gasteiger partial charge is 0.257 e. The number of benzene rings is 1. The van der Waals surface area contributed by atoms with Gasteiger partial charge >= 0.3 is 0 Å². The predicted molar refractivity (Wildman–Crippen MR) is 80.8 cm³/mol. The molecule has 0 saturated heterocycles. The summed E-state index contributed by atoms with van der Waals surface area (Å²) in [7, 11) is 0. The van der Waals surface area contributed by atoms with E-state index in [1.54, 1.807) is 17.9 Å². The molecule has 0 bridgehead atoms. The molecule has 5 nitrogen and oxygen atoms in total. The van der Waals surface area contributed by atoms with E-state index in [1.807, 2.05) is 25.1 Å². The summed E-state index contributed by atoms with van der Waals surface area (Å²) in [6.07, 6.45) is 0. The molecule has 3 rings (SSSR count). The lowest BCUT2D eigenvalue weighted by Crippen LogP contribution is -2.32. The number of aliphatic hydroxyl groups is 1. The molecule has 0 fully saturated rings. The van der Waals surface area contributed by atoms with Crippen LogP contribution in [0.5, 0.6) is 5.75 Å². The van der Waals surface area contributed by atoms with Crippen LogP contribution in [0.15, 0.2) is 28.7 Å². The normalized spacial score (nSPS) is 14.2. The van der Waals surface area contributed by atoms with Crippen LogP contribution >= 0.6 is 0 Å². The van der Waals surface area contributed by atoms with Crippen LogP contribution in [-0.2, 0) is 13.2 Å². The Bertz CT molecular complexity index is 705. The quantitative estimate of drug-likeness (QED) is 0.925. The zero-order valence-corrected chi connectivity index (χ0v) is 12.8. The highest BCUT2D eigenvalue weighted by atomic mass is 16.5. The molecule has 22 heavy (non-hydrogen) atoms. The van der Waals surface area contributed by atoms with Gasteiger partial charge in [0.2, 0.25) is 0 Å². The van der Waals surface area contributed by atoms with E-state index in [2.05, 4.69) is 0 Å². The Morgan fingerprint density at radius 1 is 1.32 bits per heavy atom. The average molecular weight is 301 g/mol. The minimum atomic E-state index is -0.0554. The number of amides is 1. The van der Waals surface area contributed by atoms with Crippen molar-refractivity contribution in [1.29, 1.82) is 0 Å². The van der Waals surface area contributed by atoms with Gasteiger partial charge in [-0.1, -0.05) is 6.07 Å². The number of hydrogen-bond acceptors (Lipinski definition) is 4. The van der Waals surface area contributed by atoms with Gasteiger partial charge in [0.1, 0.15) is 23.9 Å². The summed E-state index contributed by atoms with van der Waals surface area (Å²) in [4.78, 5) is 14.5. The van der Waals surface area contributed by atoms with E-state index in [9.17, 15) is 9.90 Å². The molecule has 1 aromatic carbocycles. The monoisotopic (exact) mass is 301 g/mol. The molecule has 0 saturated carbocycles. The molecule has 0 unspecified atom stereocenters. The number of furan rings is 1. The van der Waals surface area contributed by atoms with Crippen molar-refractivity contribution in [3.05, 3.63) is 52.5 Å². The van der Waals surface area contributed by atoms with Crippen molar-refractivity contribution < 1.29 is 19.1 Å². The van der Waals surface area contributed by atoms with Crippen molar-refractivity contribution in [1.82, 2.24) is 4.90 Å². The molecule has 1 aliphatic rings. The average Bonchev–Trinajstić information content (AvgIpc) is 2.73. The molecule has 116 valence electrons. The zero-order valence-electron chi connectivity index (χ0n) is 12.8. The molecule has 1 N–H and O–H groups in total. The van der Waals surface area contributed by atoms with Crippen LogP contribution in [0, 0.1) is 13.8 Å².